The summed E-state index contributed by atoms with van der Waals surface area (Å²) < 4.78 is 35.2. The van der Waals surface area contributed by atoms with Gasteiger partial charge in [-0.15, -0.1) is 24.0 Å². The number of guanidine groups is 1. The molecule has 0 aromatic heterocycles. The normalized spacial score (nSPS) is 16.9. The highest BCUT2D eigenvalue weighted by atomic mass is 127. The number of nitrogens with zero attached hydrogens (tertiary/aromatic N) is 2. The molecule has 0 aromatic carbocycles. The number of rotatable bonds is 4. The van der Waals surface area contributed by atoms with E-state index in [1.54, 1.807) is 0 Å². The standard InChI is InChI=1S/C8H14F3N3S.HI/c1-14(6-2-3-6)7(12)13-4-5-15-8(9,10)11;/h6H,2-5H2,1H3,(H2,12,13);1H. The van der Waals surface area contributed by atoms with Crippen LogP contribution in [-0.2, 0) is 0 Å². The van der Waals surface area contributed by atoms with Crippen LogP contribution in [0.2, 0.25) is 0 Å². The van der Waals surface area contributed by atoms with Crippen molar-refractivity contribution in [1.82, 2.24) is 4.90 Å². The molecule has 0 aromatic rings. The Morgan fingerprint density at radius 3 is 2.50 bits per heavy atom. The quantitative estimate of drug-likeness (QED) is 0.358. The van der Waals surface area contributed by atoms with E-state index in [0.717, 1.165) is 12.8 Å². The maximum atomic E-state index is 11.7. The van der Waals surface area contributed by atoms with Crippen molar-refractivity contribution in [3.05, 3.63) is 0 Å². The predicted octanol–water partition coefficient (Wildman–Crippen LogP) is 2.27. The highest BCUT2D eigenvalue weighted by Crippen LogP contribution is 2.29. The summed E-state index contributed by atoms with van der Waals surface area (Å²) in [6.45, 7) is 0.104. The molecule has 0 bridgehead atoms. The Morgan fingerprint density at radius 2 is 2.06 bits per heavy atom. The zero-order valence-corrected chi connectivity index (χ0v) is 12.0. The number of alkyl halides is 3. The molecule has 0 saturated heterocycles. The number of thioether (sulfide) groups is 1. The van der Waals surface area contributed by atoms with Crippen LogP contribution >= 0.6 is 35.7 Å². The third-order valence-corrected chi connectivity index (χ3v) is 2.80. The summed E-state index contributed by atoms with van der Waals surface area (Å²) in [4.78, 5) is 5.71. The highest BCUT2D eigenvalue weighted by molar-refractivity contribution is 14.0. The molecule has 1 rings (SSSR count). The number of halogens is 4. The fourth-order valence-corrected chi connectivity index (χ4v) is 1.50. The summed E-state index contributed by atoms with van der Waals surface area (Å²) in [6.07, 6.45) is 2.17. The van der Waals surface area contributed by atoms with E-state index in [2.05, 4.69) is 4.99 Å². The second kappa shape index (κ2) is 6.77. The maximum Gasteiger partial charge on any atom is 0.441 e. The Kier molecular flexibility index (Phi) is 6.83. The molecule has 0 amide bonds. The molecular formula is C8H15F3IN3S. The molecule has 1 saturated carbocycles. The van der Waals surface area contributed by atoms with Crippen molar-refractivity contribution in [2.24, 2.45) is 10.7 Å². The number of hydrogen-bond acceptors (Lipinski definition) is 2. The summed E-state index contributed by atoms with van der Waals surface area (Å²) >= 11 is -0.0699. The Labute approximate surface area is 114 Å². The molecular weight excluding hydrogens is 354 g/mol. The zero-order valence-electron chi connectivity index (χ0n) is 8.83. The molecule has 1 aliphatic rings. The van der Waals surface area contributed by atoms with Gasteiger partial charge in [0.05, 0.1) is 6.54 Å². The van der Waals surface area contributed by atoms with E-state index in [1.807, 2.05) is 11.9 Å². The van der Waals surface area contributed by atoms with E-state index in [-0.39, 0.29) is 48.0 Å². The molecule has 0 unspecified atom stereocenters. The van der Waals surface area contributed by atoms with Crippen molar-refractivity contribution < 1.29 is 13.2 Å². The third kappa shape index (κ3) is 6.66. The van der Waals surface area contributed by atoms with Crippen molar-refractivity contribution in [3.8, 4) is 0 Å². The molecule has 2 N–H and O–H groups in total. The first-order valence-electron chi connectivity index (χ1n) is 4.63. The van der Waals surface area contributed by atoms with Gasteiger partial charge in [0.15, 0.2) is 5.96 Å². The van der Waals surface area contributed by atoms with Crippen LogP contribution in [0.1, 0.15) is 12.8 Å². The Hall–Kier alpha value is 0.140. The van der Waals surface area contributed by atoms with E-state index >= 15 is 0 Å². The summed E-state index contributed by atoms with van der Waals surface area (Å²) in [5.41, 5.74) is 1.42. The van der Waals surface area contributed by atoms with Crippen molar-refractivity contribution in [2.75, 3.05) is 19.3 Å². The topological polar surface area (TPSA) is 41.6 Å². The average molecular weight is 369 g/mol. The number of nitrogens with two attached hydrogens (primary N) is 1. The van der Waals surface area contributed by atoms with Crippen LogP contribution in [0.15, 0.2) is 4.99 Å². The van der Waals surface area contributed by atoms with Crippen LogP contribution in [0.4, 0.5) is 13.2 Å². The van der Waals surface area contributed by atoms with Crippen molar-refractivity contribution in [1.29, 1.82) is 0 Å². The van der Waals surface area contributed by atoms with Crippen LogP contribution in [0, 0.1) is 0 Å². The fraction of sp³-hybridized carbons (Fsp3) is 0.875. The van der Waals surface area contributed by atoms with Gasteiger partial charge in [-0.3, -0.25) is 4.99 Å². The first-order valence-corrected chi connectivity index (χ1v) is 5.62. The van der Waals surface area contributed by atoms with Gasteiger partial charge in [-0.05, 0) is 24.6 Å². The lowest BCUT2D eigenvalue weighted by Crippen LogP contribution is -2.35. The molecule has 0 aliphatic heterocycles. The zero-order chi connectivity index (χ0) is 11.5. The molecule has 8 heteroatoms. The minimum absolute atomic E-state index is 0. The summed E-state index contributed by atoms with van der Waals surface area (Å²) in [5.74, 6) is 0.253. The second-order valence-electron chi connectivity index (χ2n) is 3.38. The van der Waals surface area contributed by atoms with Crippen LogP contribution in [0.3, 0.4) is 0 Å². The number of aliphatic imine (C=N–C) groups is 1. The molecule has 16 heavy (non-hydrogen) atoms. The molecule has 1 fully saturated rings. The SMILES string of the molecule is CN(C(N)=NCCSC(F)(F)F)C1CC1.I. The monoisotopic (exact) mass is 369 g/mol. The molecule has 0 radical (unpaired) electrons. The lowest BCUT2D eigenvalue weighted by molar-refractivity contribution is -0.0327. The van der Waals surface area contributed by atoms with Crippen LogP contribution in [0.5, 0.6) is 0 Å². The van der Waals surface area contributed by atoms with E-state index in [4.69, 9.17) is 5.73 Å². The van der Waals surface area contributed by atoms with Crippen LogP contribution < -0.4 is 5.73 Å². The molecule has 0 atom stereocenters. The van der Waals surface area contributed by atoms with E-state index < -0.39 is 5.51 Å². The van der Waals surface area contributed by atoms with Gasteiger partial charge in [0, 0.05) is 18.8 Å². The lowest BCUT2D eigenvalue weighted by Gasteiger charge is -2.16. The minimum Gasteiger partial charge on any atom is -0.370 e. The van der Waals surface area contributed by atoms with Crippen LogP contribution in [0.25, 0.3) is 0 Å². The van der Waals surface area contributed by atoms with Gasteiger partial charge < -0.3 is 10.6 Å². The molecule has 0 heterocycles. The third-order valence-electron chi connectivity index (χ3n) is 2.09. The minimum atomic E-state index is -4.17. The molecule has 0 spiro atoms. The van der Waals surface area contributed by atoms with Gasteiger partial charge in [-0.1, -0.05) is 0 Å². The average Bonchev–Trinajstić information content (AvgIpc) is 2.92. The Morgan fingerprint density at radius 1 is 1.50 bits per heavy atom. The predicted molar refractivity (Wildman–Crippen MR) is 71.2 cm³/mol. The van der Waals surface area contributed by atoms with Crippen molar-refractivity contribution in [2.45, 2.75) is 24.4 Å². The smallest absolute Gasteiger partial charge is 0.370 e. The summed E-state index contributed by atoms with van der Waals surface area (Å²) in [6, 6.07) is 0.434. The number of hydrogen-bond donors (Lipinski definition) is 1. The summed E-state index contributed by atoms with van der Waals surface area (Å²) in [5, 5.41) is 0. The van der Waals surface area contributed by atoms with Gasteiger partial charge in [0.25, 0.3) is 0 Å². The van der Waals surface area contributed by atoms with Crippen molar-refractivity contribution in [3.63, 3.8) is 0 Å². The second-order valence-corrected chi connectivity index (χ2v) is 4.54. The van der Waals surface area contributed by atoms with Gasteiger partial charge in [-0.2, -0.15) is 13.2 Å². The fourth-order valence-electron chi connectivity index (χ4n) is 1.08. The molecule has 3 nitrogen and oxygen atoms in total. The van der Waals surface area contributed by atoms with Gasteiger partial charge >= 0.3 is 5.51 Å². The summed E-state index contributed by atoms with van der Waals surface area (Å²) in [7, 11) is 1.81. The van der Waals surface area contributed by atoms with E-state index in [0.29, 0.717) is 12.0 Å². The van der Waals surface area contributed by atoms with Gasteiger partial charge in [0.2, 0.25) is 0 Å². The first-order chi connectivity index (χ1) is 6.90. The van der Waals surface area contributed by atoms with E-state index in [1.165, 1.54) is 0 Å². The molecule has 1 aliphatic carbocycles. The first kappa shape index (κ1) is 16.1. The lowest BCUT2D eigenvalue weighted by atomic mass is 10.6. The van der Waals surface area contributed by atoms with E-state index in [9.17, 15) is 13.2 Å². The van der Waals surface area contributed by atoms with Crippen LogP contribution in [-0.4, -0.2) is 41.8 Å². The molecule has 96 valence electrons. The Bertz CT molecular complexity index is 243. The maximum absolute atomic E-state index is 11.7. The van der Waals surface area contributed by atoms with Gasteiger partial charge in [0.1, 0.15) is 0 Å². The highest BCUT2D eigenvalue weighted by Gasteiger charge is 2.28. The Balaban J connectivity index is 0.00000225. The van der Waals surface area contributed by atoms with Gasteiger partial charge in [-0.25, -0.2) is 0 Å². The largest absolute Gasteiger partial charge is 0.441 e. The van der Waals surface area contributed by atoms with Crippen molar-refractivity contribution >= 4 is 41.7 Å².